The fraction of sp³-hybridized carbons (Fsp3) is 0.679. The number of halogens is 3. The molecular weight excluding hydrogens is 515 g/mol. The summed E-state index contributed by atoms with van der Waals surface area (Å²) in [5.74, 6) is -2.59. The molecule has 2 amide bonds. The van der Waals surface area contributed by atoms with Gasteiger partial charge in [0.05, 0.1) is 6.04 Å². The molecule has 1 spiro atoms. The van der Waals surface area contributed by atoms with Gasteiger partial charge in [0.15, 0.2) is 0 Å². The molecule has 3 saturated heterocycles. The van der Waals surface area contributed by atoms with Crippen LogP contribution in [0.15, 0.2) is 18.2 Å². The van der Waals surface area contributed by atoms with Crippen LogP contribution in [0.5, 0.6) is 0 Å². The summed E-state index contributed by atoms with van der Waals surface area (Å²) >= 11 is 0. The van der Waals surface area contributed by atoms with Crippen LogP contribution in [-0.4, -0.2) is 94.9 Å². The zero-order valence-corrected chi connectivity index (χ0v) is 23.2. The number of aliphatic carboxylic acids is 1. The summed E-state index contributed by atoms with van der Waals surface area (Å²) in [5, 5.41) is 7.12. The first-order chi connectivity index (χ1) is 18.3. The highest BCUT2D eigenvalue weighted by Crippen LogP contribution is 2.41. The smallest absolute Gasteiger partial charge is 0.475 e. The van der Waals surface area contributed by atoms with Gasteiger partial charge in [0, 0.05) is 57.7 Å². The minimum absolute atomic E-state index is 0.155. The zero-order valence-electron chi connectivity index (χ0n) is 23.2. The number of rotatable bonds is 5. The van der Waals surface area contributed by atoms with Gasteiger partial charge in [0.1, 0.15) is 5.60 Å². The molecule has 3 aliphatic heterocycles. The summed E-state index contributed by atoms with van der Waals surface area (Å²) in [6.07, 6.45) is 1.92. The number of carboxylic acid groups (broad SMARTS) is 1. The van der Waals surface area contributed by atoms with E-state index < -0.39 is 12.1 Å². The molecule has 1 unspecified atom stereocenters. The fourth-order valence-electron chi connectivity index (χ4n) is 5.94. The Labute approximate surface area is 228 Å². The largest absolute Gasteiger partial charge is 0.490 e. The molecule has 8 nitrogen and oxygen atoms in total. The number of unbranched alkanes of at least 4 members (excludes halogenated alkanes) is 1. The Kier molecular flexibility index (Phi) is 9.90. The molecule has 11 heteroatoms. The van der Waals surface area contributed by atoms with Crippen molar-refractivity contribution in [1.82, 2.24) is 14.7 Å². The third-order valence-corrected chi connectivity index (χ3v) is 8.47. The Morgan fingerprint density at radius 1 is 1.10 bits per heavy atom. The van der Waals surface area contributed by atoms with E-state index in [1.165, 1.54) is 5.56 Å². The fourth-order valence-corrected chi connectivity index (χ4v) is 5.94. The summed E-state index contributed by atoms with van der Waals surface area (Å²) in [4.78, 5) is 40.7. The number of likely N-dealkylation sites (N-methyl/N-ethyl adjacent to an activating group) is 1. The van der Waals surface area contributed by atoms with Crippen molar-refractivity contribution in [3.8, 4) is 0 Å². The second-order valence-corrected chi connectivity index (χ2v) is 10.8. The highest BCUT2D eigenvalue weighted by atomic mass is 19.4. The predicted molar refractivity (Wildman–Crippen MR) is 140 cm³/mol. The van der Waals surface area contributed by atoms with Crippen LogP contribution < -0.4 is 0 Å². The number of carbonyl (C=O) groups excluding carboxylic acids is 2. The molecule has 0 radical (unpaired) electrons. The minimum Gasteiger partial charge on any atom is -0.475 e. The molecule has 0 aromatic heterocycles. The number of piperidine rings is 2. The van der Waals surface area contributed by atoms with Crippen LogP contribution in [0.25, 0.3) is 0 Å². The van der Waals surface area contributed by atoms with Crippen LogP contribution in [0.1, 0.15) is 73.4 Å². The Balaban J connectivity index is 0.000000532. The average Bonchev–Trinajstić information content (AvgIpc) is 3.12. The molecule has 3 heterocycles. The van der Waals surface area contributed by atoms with Gasteiger partial charge in [-0.25, -0.2) is 9.59 Å². The lowest BCUT2D eigenvalue weighted by molar-refractivity contribution is -0.192. The molecule has 3 fully saturated rings. The highest BCUT2D eigenvalue weighted by Gasteiger charge is 2.53. The molecule has 218 valence electrons. The first-order valence-corrected chi connectivity index (χ1v) is 13.7. The molecule has 1 aromatic carbocycles. The maximum absolute atomic E-state index is 13.1. The molecule has 1 aromatic rings. The number of likely N-dealkylation sites (tertiary alicyclic amines) is 2. The monoisotopic (exact) mass is 555 g/mol. The molecule has 3 aliphatic rings. The van der Waals surface area contributed by atoms with Gasteiger partial charge in [-0.15, -0.1) is 0 Å². The van der Waals surface area contributed by atoms with Crippen molar-refractivity contribution in [2.24, 2.45) is 0 Å². The predicted octanol–water partition coefficient (Wildman–Crippen LogP) is 5.02. The number of amides is 2. The van der Waals surface area contributed by atoms with E-state index in [4.69, 9.17) is 14.6 Å². The number of benzene rings is 1. The number of alkyl halides is 3. The number of aryl methyl sites for hydroxylation is 1. The van der Waals surface area contributed by atoms with Gasteiger partial charge in [0.2, 0.25) is 0 Å². The molecule has 1 atom stereocenters. The van der Waals surface area contributed by atoms with Crippen molar-refractivity contribution in [2.75, 3.05) is 33.2 Å². The van der Waals surface area contributed by atoms with Gasteiger partial charge in [-0.05, 0) is 50.3 Å². The maximum atomic E-state index is 13.1. The summed E-state index contributed by atoms with van der Waals surface area (Å²) in [6.45, 7) is 9.88. The number of hydrogen-bond acceptors (Lipinski definition) is 5. The standard InChI is InChI=1S/C26H39N3O3.C2HF3O2/c1-5-6-10-23-26(32-25(31)27(23)4)13-17-28(18-14-26)21-11-15-29(16-12-21)24(30)22-9-7-8-19(2)20(22)3;3-2(4,5)1(6)7/h7-9,21,23H,5-6,10-18H2,1-4H3;(H,6,7). The SMILES string of the molecule is CCCCC1N(C)C(=O)OC12CCN(C1CCN(C(=O)c3cccc(C)c3C)CC1)CC2.O=C(O)C(F)(F)F. The van der Waals surface area contributed by atoms with Crippen molar-refractivity contribution >= 4 is 18.0 Å². The lowest BCUT2D eigenvalue weighted by Crippen LogP contribution is -2.55. The van der Waals surface area contributed by atoms with Crippen LogP contribution in [0.4, 0.5) is 18.0 Å². The van der Waals surface area contributed by atoms with Gasteiger partial charge in [-0.1, -0.05) is 31.9 Å². The number of ether oxygens (including phenoxy) is 1. The topological polar surface area (TPSA) is 90.4 Å². The van der Waals surface area contributed by atoms with E-state index >= 15 is 0 Å². The summed E-state index contributed by atoms with van der Waals surface area (Å²) in [7, 11) is 1.90. The Morgan fingerprint density at radius 3 is 2.23 bits per heavy atom. The Hall–Kier alpha value is -2.82. The van der Waals surface area contributed by atoms with Crippen LogP contribution in [-0.2, 0) is 9.53 Å². The van der Waals surface area contributed by atoms with Gasteiger partial charge in [-0.2, -0.15) is 13.2 Å². The van der Waals surface area contributed by atoms with E-state index in [1.807, 2.05) is 35.9 Å². The second kappa shape index (κ2) is 12.6. The van der Waals surface area contributed by atoms with Crippen molar-refractivity contribution in [3.05, 3.63) is 34.9 Å². The van der Waals surface area contributed by atoms with E-state index in [9.17, 15) is 22.8 Å². The molecule has 0 bridgehead atoms. The van der Waals surface area contributed by atoms with E-state index in [0.717, 1.165) is 82.3 Å². The van der Waals surface area contributed by atoms with Gasteiger partial charge in [-0.3, -0.25) is 9.69 Å². The van der Waals surface area contributed by atoms with Crippen LogP contribution >= 0.6 is 0 Å². The summed E-state index contributed by atoms with van der Waals surface area (Å²) in [5.41, 5.74) is 2.79. The molecule has 0 aliphatic carbocycles. The highest BCUT2D eigenvalue weighted by molar-refractivity contribution is 5.96. The van der Waals surface area contributed by atoms with Gasteiger partial charge >= 0.3 is 18.2 Å². The first-order valence-electron chi connectivity index (χ1n) is 13.7. The third-order valence-electron chi connectivity index (χ3n) is 8.47. The van der Waals surface area contributed by atoms with Crippen LogP contribution in [0.3, 0.4) is 0 Å². The number of carboxylic acids is 1. The maximum Gasteiger partial charge on any atom is 0.490 e. The second-order valence-electron chi connectivity index (χ2n) is 10.8. The number of nitrogens with zero attached hydrogens (tertiary/aromatic N) is 3. The lowest BCUT2D eigenvalue weighted by atomic mass is 9.81. The average molecular weight is 556 g/mol. The molecule has 0 saturated carbocycles. The quantitative estimate of drug-likeness (QED) is 0.549. The van der Waals surface area contributed by atoms with Crippen LogP contribution in [0.2, 0.25) is 0 Å². The Morgan fingerprint density at radius 2 is 1.69 bits per heavy atom. The van der Waals surface area contributed by atoms with Crippen LogP contribution in [0, 0.1) is 13.8 Å². The van der Waals surface area contributed by atoms with Crippen molar-refractivity contribution < 1.29 is 37.4 Å². The van der Waals surface area contributed by atoms with Crippen molar-refractivity contribution in [2.45, 2.75) is 89.6 Å². The third kappa shape index (κ3) is 7.04. The van der Waals surface area contributed by atoms with E-state index in [-0.39, 0.29) is 23.6 Å². The molecule has 39 heavy (non-hydrogen) atoms. The summed E-state index contributed by atoms with van der Waals surface area (Å²) in [6, 6.07) is 6.71. The van der Waals surface area contributed by atoms with Gasteiger partial charge in [0.25, 0.3) is 5.91 Å². The number of hydrogen-bond donors (Lipinski definition) is 1. The van der Waals surface area contributed by atoms with Gasteiger partial charge < -0.3 is 19.6 Å². The van der Waals surface area contributed by atoms with Crippen molar-refractivity contribution in [3.63, 3.8) is 0 Å². The number of carbonyl (C=O) groups is 3. The van der Waals surface area contributed by atoms with E-state index in [0.29, 0.717) is 6.04 Å². The molecular formula is C28H40F3N3O5. The Bertz CT molecular complexity index is 1030. The zero-order chi connectivity index (χ0) is 29.0. The molecule has 4 rings (SSSR count). The minimum atomic E-state index is -5.08. The van der Waals surface area contributed by atoms with E-state index in [1.54, 1.807) is 0 Å². The lowest BCUT2D eigenvalue weighted by Gasteiger charge is -2.46. The first kappa shape index (κ1) is 30.7. The normalized spacial score (nSPS) is 21.9. The van der Waals surface area contributed by atoms with Crippen molar-refractivity contribution in [1.29, 1.82) is 0 Å². The molecule has 1 N–H and O–H groups in total. The van der Waals surface area contributed by atoms with E-state index in [2.05, 4.69) is 24.8 Å². The summed E-state index contributed by atoms with van der Waals surface area (Å²) < 4.78 is 37.7.